The van der Waals surface area contributed by atoms with Crippen LogP contribution in [0.25, 0.3) is 0 Å². The Hall–Kier alpha value is -0.820. The van der Waals surface area contributed by atoms with Crippen molar-refractivity contribution in [3.05, 3.63) is 35.4 Å². The molecule has 3 rings (SSSR count). The van der Waals surface area contributed by atoms with Crippen LogP contribution in [-0.4, -0.2) is 6.54 Å². The van der Waals surface area contributed by atoms with Crippen molar-refractivity contribution in [1.82, 2.24) is 5.32 Å². The molecular formula is C15H21N. The van der Waals surface area contributed by atoms with Crippen molar-refractivity contribution in [3.8, 4) is 0 Å². The number of hydrogen-bond acceptors (Lipinski definition) is 1. The maximum atomic E-state index is 3.72. The van der Waals surface area contributed by atoms with Gasteiger partial charge >= 0.3 is 0 Å². The molecule has 1 fully saturated rings. The number of piperidine rings is 1. The van der Waals surface area contributed by atoms with E-state index >= 15 is 0 Å². The summed E-state index contributed by atoms with van der Waals surface area (Å²) in [6, 6.07) is 9.63. The third-order valence-electron chi connectivity index (χ3n) is 4.52. The zero-order valence-corrected chi connectivity index (χ0v) is 10.2. The van der Waals surface area contributed by atoms with E-state index in [0.717, 1.165) is 17.8 Å². The Morgan fingerprint density at radius 3 is 2.88 bits per heavy atom. The summed E-state index contributed by atoms with van der Waals surface area (Å²) in [4.78, 5) is 0. The van der Waals surface area contributed by atoms with Crippen LogP contribution in [0.15, 0.2) is 24.3 Å². The molecule has 0 bridgehead atoms. The number of fused-ring (bicyclic) bond motifs is 3. The van der Waals surface area contributed by atoms with Crippen LogP contribution >= 0.6 is 0 Å². The molecule has 2 aliphatic rings. The molecule has 0 aromatic heterocycles. The molecule has 1 aromatic carbocycles. The number of benzene rings is 1. The topological polar surface area (TPSA) is 12.0 Å². The first-order chi connectivity index (χ1) is 7.77. The molecule has 3 atom stereocenters. The second kappa shape index (κ2) is 3.89. The molecule has 1 nitrogen and oxygen atoms in total. The highest BCUT2D eigenvalue weighted by Gasteiger charge is 2.40. The van der Waals surface area contributed by atoms with Gasteiger partial charge in [0.1, 0.15) is 0 Å². The molecule has 0 amide bonds. The molecule has 0 spiro atoms. The quantitative estimate of drug-likeness (QED) is 0.758. The molecule has 1 aliphatic carbocycles. The molecule has 16 heavy (non-hydrogen) atoms. The summed E-state index contributed by atoms with van der Waals surface area (Å²) in [5, 5.41) is 3.72. The van der Waals surface area contributed by atoms with Crippen LogP contribution in [0.5, 0.6) is 0 Å². The first-order valence-corrected chi connectivity index (χ1v) is 6.58. The van der Waals surface area contributed by atoms with Crippen LogP contribution in [0.4, 0.5) is 0 Å². The largest absolute Gasteiger partial charge is 0.310 e. The van der Waals surface area contributed by atoms with E-state index in [-0.39, 0.29) is 0 Å². The second-order valence-electron chi connectivity index (χ2n) is 5.70. The molecule has 1 heterocycles. The maximum Gasteiger partial charge on any atom is 0.0357 e. The van der Waals surface area contributed by atoms with Crippen molar-refractivity contribution in [3.63, 3.8) is 0 Å². The molecule has 1 heteroatoms. The van der Waals surface area contributed by atoms with Gasteiger partial charge in [0.25, 0.3) is 0 Å². The van der Waals surface area contributed by atoms with Gasteiger partial charge in [0, 0.05) is 6.04 Å². The van der Waals surface area contributed by atoms with Crippen molar-refractivity contribution >= 4 is 0 Å². The van der Waals surface area contributed by atoms with Crippen molar-refractivity contribution in [2.45, 2.75) is 32.7 Å². The minimum absolute atomic E-state index is 0.636. The lowest BCUT2D eigenvalue weighted by atomic mass is 9.75. The van der Waals surface area contributed by atoms with Gasteiger partial charge in [-0.25, -0.2) is 0 Å². The van der Waals surface area contributed by atoms with E-state index in [1.807, 2.05) is 0 Å². The first-order valence-electron chi connectivity index (χ1n) is 6.58. The molecule has 1 aliphatic heterocycles. The Morgan fingerprint density at radius 2 is 2.06 bits per heavy atom. The number of hydrogen-bond donors (Lipinski definition) is 1. The molecule has 1 aromatic rings. The van der Waals surface area contributed by atoms with Crippen LogP contribution in [-0.2, 0) is 6.42 Å². The van der Waals surface area contributed by atoms with Gasteiger partial charge in [0.2, 0.25) is 0 Å². The van der Waals surface area contributed by atoms with E-state index in [1.54, 1.807) is 11.1 Å². The summed E-state index contributed by atoms with van der Waals surface area (Å²) < 4.78 is 0. The summed E-state index contributed by atoms with van der Waals surface area (Å²) in [5.41, 5.74) is 3.15. The van der Waals surface area contributed by atoms with Gasteiger partial charge in [-0.2, -0.15) is 0 Å². The summed E-state index contributed by atoms with van der Waals surface area (Å²) in [7, 11) is 0. The molecule has 0 saturated carbocycles. The standard InChI is InChI=1S/C15H21N/c1-10(2)12-7-8-16-15-13-6-4-3-5-11(13)9-14(12)15/h3-6,10,12,14-16H,7-9H2,1-2H3/t12?,14-,15-/m1/s1. The van der Waals surface area contributed by atoms with Gasteiger partial charge in [0.05, 0.1) is 0 Å². The average Bonchev–Trinajstić information content (AvgIpc) is 2.67. The third kappa shape index (κ3) is 1.49. The molecule has 1 saturated heterocycles. The molecule has 1 N–H and O–H groups in total. The molecular weight excluding hydrogens is 194 g/mol. The van der Waals surface area contributed by atoms with E-state index in [1.165, 1.54) is 19.4 Å². The second-order valence-corrected chi connectivity index (χ2v) is 5.70. The van der Waals surface area contributed by atoms with Gasteiger partial charge < -0.3 is 5.32 Å². The van der Waals surface area contributed by atoms with Gasteiger partial charge in [0.15, 0.2) is 0 Å². The van der Waals surface area contributed by atoms with Crippen LogP contribution in [0, 0.1) is 17.8 Å². The Bertz CT molecular complexity index is 383. The van der Waals surface area contributed by atoms with E-state index in [9.17, 15) is 0 Å². The minimum atomic E-state index is 0.636. The Balaban J connectivity index is 1.93. The number of rotatable bonds is 1. The monoisotopic (exact) mass is 215 g/mol. The van der Waals surface area contributed by atoms with Crippen LogP contribution in [0.1, 0.15) is 37.4 Å². The Kier molecular flexibility index (Phi) is 2.51. The van der Waals surface area contributed by atoms with E-state index in [4.69, 9.17) is 0 Å². The van der Waals surface area contributed by atoms with Crippen molar-refractivity contribution < 1.29 is 0 Å². The summed E-state index contributed by atoms with van der Waals surface area (Å²) in [5.74, 6) is 2.56. The number of nitrogens with one attached hydrogen (secondary N) is 1. The van der Waals surface area contributed by atoms with E-state index in [2.05, 4.69) is 43.4 Å². The van der Waals surface area contributed by atoms with Gasteiger partial charge in [-0.05, 0) is 48.3 Å². The van der Waals surface area contributed by atoms with Crippen LogP contribution in [0.2, 0.25) is 0 Å². The van der Waals surface area contributed by atoms with Crippen LogP contribution < -0.4 is 5.32 Å². The van der Waals surface area contributed by atoms with Gasteiger partial charge in [-0.3, -0.25) is 0 Å². The van der Waals surface area contributed by atoms with Gasteiger partial charge in [-0.15, -0.1) is 0 Å². The fraction of sp³-hybridized carbons (Fsp3) is 0.600. The van der Waals surface area contributed by atoms with Gasteiger partial charge in [-0.1, -0.05) is 38.1 Å². The average molecular weight is 215 g/mol. The normalized spacial score (nSPS) is 32.6. The van der Waals surface area contributed by atoms with Crippen molar-refractivity contribution in [2.24, 2.45) is 17.8 Å². The fourth-order valence-corrected chi connectivity index (χ4v) is 3.73. The predicted octanol–water partition coefficient (Wildman–Crippen LogP) is 3.17. The SMILES string of the molecule is CC(C)C1CCN[C@@H]2c3ccccc3C[C@H]12. The molecule has 86 valence electrons. The van der Waals surface area contributed by atoms with Crippen molar-refractivity contribution in [2.75, 3.05) is 6.54 Å². The molecule has 0 radical (unpaired) electrons. The van der Waals surface area contributed by atoms with Crippen molar-refractivity contribution in [1.29, 1.82) is 0 Å². The fourth-order valence-electron chi connectivity index (χ4n) is 3.73. The zero-order valence-electron chi connectivity index (χ0n) is 10.2. The lowest BCUT2D eigenvalue weighted by Gasteiger charge is -2.37. The summed E-state index contributed by atoms with van der Waals surface area (Å²) in [6.07, 6.45) is 2.64. The minimum Gasteiger partial charge on any atom is -0.310 e. The Labute approximate surface area is 98.3 Å². The molecule has 1 unspecified atom stereocenters. The highest BCUT2D eigenvalue weighted by atomic mass is 14.9. The maximum absolute atomic E-state index is 3.72. The zero-order chi connectivity index (χ0) is 11.1. The van der Waals surface area contributed by atoms with E-state index < -0.39 is 0 Å². The summed E-state index contributed by atoms with van der Waals surface area (Å²) in [6.45, 7) is 5.96. The smallest absolute Gasteiger partial charge is 0.0357 e. The first kappa shape index (κ1) is 10.3. The lowest BCUT2D eigenvalue weighted by Crippen LogP contribution is -2.39. The Morgan fingerprint density at radius 1 is 1.25 bits per heavy atom. The van der Waals surface area contributed by atoms with E-state index in [0.29, 0.717) is 6.04 Å². The summed E-state index contributed by atoms with van der Waals surface area (Å²) >= 11 is 0. The van der Waals surface area contributed by atoms with Crippen LogP contribution in [0.3, 0.4) is 0 Å². The third-order valence-corrected chi connectivity index (χ3v) is 4.52. The predicted molar refractivity (Wildman–Crippen MR) is 67.3 cm³/mol. The highest BCUT2D eigenvalue weighted by molar-refractivity contribution is 5.36. The highest BCUT2D eigenvalue weighted by Crippen LogP contribution is 2.45. The lowest BCUT2D eigenvalue weighted by molar-refractivity contribution is 0.157.